The van der Waals surface area contributed by atoms with E-state index in [0.717, 1.165) is 38.4 Å². The number of piperidine rings is 2. The van der Waals surface area contributed by atoms with E-state index in [9.17, 15) is 4.79 Å². The third kappa shape index (κ3) is 9.29. The summed E-state index contributed by atoms with van der Waals surface area (Å²) in [6.45, 7) is 10.5. The van der Waals surface area contributed by atoms with Crippen LogP contribution in [0.4, 0.5) is 0 Å². The van der Waals surface area contributed by atoms with Gasteiger partial charge in [-0.2, -0.15) is 0 Å². The first-order chi connectivity index (χ1) is 13.1. The topological polar surface area (TPSA) is 60.0 Å². The van der Waals surface area contributed by atoms with Crippen molar-refractivity contribution < 1.29 is 4.79 Å². The fourth-order valence-corrected chi connectivity index (χ4v) is 4.02. The van der Waals surface area contributed by atoms with Gasteiger partial charge in [0.15, 0.2) is 5.96 Å². The third-order valence-corrected chi connectivity index (χ3v) is 5.76. The zero-order valence-electron chi connectivity index (χ0n) is 18.2. The molecule has 164 valence electrons. The average Bonchev–Trinajstić information content (AvgIpc) is 2.70. The van der Waals surface area contributed by atoms with E-state index in [0.29, 0.717) is 6.04 Å². The predicted octanol–water partition coefficient (Wildman–Crippen LogP) is 3.07. The number of unbranched alkanes of at least 4 members (excludes halogenated alkanes) is 2. The quantitative estimate of drug-likeness (QED) is 0.230. The summed E-state index contributed by atoms with van der Waals surface area (Å²) in [7, 11) is 1.84. The van der Waals surface area contributed by atoms with E-state index >= 15 is 0 Å². The number of carbonyl (C=O) groups is 1. The van der Waals surface area contributed by atoms with Gasteiger partial charge in [0.2, 0.25) is 5.91 Å². The lowest BCUT2D eigenvalue weighted by Gasteiger charge is -2.34. The summed E-state index contributed by atoms with van der Waals surface area (Å²) >= 11 is 0. The van der Waals surface area contributed by atoms with Crippen LogP contribution >= 0.6 is 24.0 Å². The maximum atomic E-state index is 12.1. The Hall–Kier alpha value is -0.570. The molecular weight excluding hydrogens is 465 g/mol. The van der Waals surface area contributed by atoms with Crippen LogP contribution in [-0.2, 0) is 4.79 Å². The van der Waals surface area contributed by atoms with Gasteiger partial charge in [-0.1, -0.05) is 26.7 Å². The lowest BCUT2D eigenvalue weighted by molar-refractivity contribution is -0.135. The van der Waals surface area contributed by atoms with Crippen LogP contribution in [0.3, 0.4) is 0 Å². The Balaban J connectivity index is 0.00000392. The van der Waals surface area contributed by atoms with Gasteiger partial charge in [-0.05, 0) is 58.2 Å². The monoisotopic (exact) mass is 507 g/mol. The van der Waals surface area contributed by atoms with Gasteiger partial charge in [0.1, 0.15) is 0 Å². The van der Waals surface area contributed by atoms with Crippen LogP contribution in [0, 0.1) is 5.92 Å². The van der Waals surface area contributed by atoms with Crippen molar-refractivity contribution in [3.63, 3.8) is 0 Å². The lowest BCUT2D eigenvalue weighted by atomic mass is 10.0. The molecule has 2 rings (SSSR count). The summed E-state index contributed by atoms with van der Waals surface area (Å²) in [5.41, 5.74) is 0. The van der Waals surface area contributed by atoms with Crippen molar-refractivity contribution >= 4 is 35.8 Å². The number of hydrogen-bond acceptors (Lipinski definition) is 3. The number of aliphatic imine (C=N–C) groups is 1. The van der Waals surface area contributed by atoms with Gasteiger partial charge in [0, 0.05) is 38.6 Å². The second-order valence-corrected chi connectivity index (χ2v) is 8.36. The molecule has 0 aromatic carbocycles. The molecule has 7 heteroatoms. The molecule has 2 saturated heterocycles. The molecule has 2 aliphatic heterocycles. The Labute approximate surface area is 189 Å². The molecule has 0 spiro atoms. The fourth-order valence-electron chi connectivity index (χ4n) is 4.02. The van der Waals surface area contributed by atoms with Crippen LogP contribution in [0.5, 0.6) is 0 Å². The van der Waals surface area contributed by atoms with Gasteiger partial charge in [0.25, 0.3) is 0 Å². The minimum absolute atomic E-state index is 0. The number of rotatable bonds is 8. The summed E-state index contributed by atoms with van der Waals surface area (Å²) in [4.78, 5) is 21.1. The lowest BCUT2D eigenvalue weighted by Crippen LogP contribution is -2.50. The SMILES string of the molecule is CN=C(NCCCCCN1CCCCC1)NC1CCN(C(=O)C(C)C)CC1.I. The average molecular weight is 508 g/mol. The van der Waals surface area contributed by atoms with Crippen molar-refractivity contribution in [3.8, 4) is 0 Å². The zero-order valence-corrected chi connectivity index (χ0v) is 20.5. The van der Waals surface area contributed by atoms with Gasteiger partial charge < -0.3 is 20.4 Å². The number of hydrogen-bond donors (Lipinski definition) is 2. The van der Waals surface area contributed by atoms with Crippen molar-refractivity contribution in [1.29, 1.82) is 0 Å². The zero-order chi connectivity index (χ0) is 19.5. The van der Waals surface area contributed by atoms with Gasteiger partial charge in [-0.25, -0.2) is 0 Å². The first-order valence-corrected chi connectivity index (χ1v) is 11.1. The fraction of sp³-hybridized carbons (Fsp3) is 0.905. The van der Waals surface area contributed by atoms with Crippen LogP contribution in [-0.4, -0.2) is 74.0 Å². The van der Waals surface area contributed by atoms with E-state index in [2.05, 4.69) is 20.5 Å². The van der Waals surface area contributed by atoms with E-state index in [1.807, 2.05) is 25.8 Å². The molecule has 0 unspecified atom stereocenters. The van der Waals surface area contributed by atoms with Crippen molar-refractivity contribution in [2.75, 3.05) is 46.3 Å². The summed E-state index contributed by atoms with van der Waals surface area (Å²) < 4.78 is 0. The number of carbonyl (C=O) groups excluding carboxylic acids is 1. The number of nitrogens with zero attached hydrogens (tertiary/aromatic N) is 3. The summed E-state index contributed by atoms with van der Waals surface area (Å²) in [5.74, 6) is 1.28. The van der Waals surface area contributed by atoms with Crippen LogP contribution in [0.25, 0.3) is 0 Å². The summed E-state index contributed by atoms with van der Waals surface area (Å²) in [5, 5.41) is 6.98. The van der Waals surface area contributed by atoms with Gasteiger partial charge in [0.05, 0.1) is 0 Å². The molecule has 0 aliphatic carbocycles. The van der Waals surface area contributed by atoms with E-state index in [4.69, 9.17) is 0 Å². The molecule has 2 heterocycles. The Bertz CT molecular complexity index is 458. The van der Waals surface area contributed by atoms with E-state index in [1.165, 1.54) is 58.2 Å². The van der Waals surface area contributed by atoms with Crippen molar-refractivity contribution in [3.05, 3.63) is 0 Å². The van der Waals surface area contributed by atoms with Gasteiger partial charge in [-0.15, -0.1) is 24.0 Å². The normalized spacial score (nSPS) is 19.4. The maximum Gasteiger partial charge on any atom is 0.225 e. The smallest absolute Gasteiger partial charge is 0.225 e. The minimum Gasteiger partial charge on any atom is -0.356 e. The predicted molar refractivity (Wildman–Crippen MR) is 128 cm³/mol. The first-order valence-electron chi connectivity index (χ1n) is 11.1. The molecule has 2 fully saturated rings. The molecule has 0 aromatic rings. The Kier molecular flexibility index (Phi) is 13.1. The molecule has 6 nitrogen and oxygen atoms in total. The van der Waals surface area contributed by atoms with E-state index in [-0.39, 0.29) is 35.8 Å². The highest BCUT2D eigenvalue weighted by molar-refractivity contribution is 14.0. The second-order valence-electron chi connectivity index (χ2n) is 8.36. The molecule has 28 heavy (non-hydrogen) atoms. The molecule has 0 atom stereocenters. The Morgan fingerprint density at radius 1 is 1.04 bits per heavy atom. The molecule has 0 bridgehead atoms. The minimum atomic E-state index is 0. The number of nitrogens with one attached hydrogen (secondary N) is 2. The second kappa shape index (κ2) is 14.4. The summed E-state index contributed by atoms with van der Waals surface area (Å²) in [6, 6.07) is 0.409. The molecule has 0 saturated carbocycles. The Morgan fingerprint density at radius 2 is 1.71 bits per heavy atom. The maximum absolute atomic E-state index is 12.1. The first kappa shape index (κ1) is 25.5. The number of likely N-dealkylation sites (tertiary alicyclic amines) is 2. The molecule has 2 N–H and O–H groups in total. The summed E-state index contributed by atoms with van der Waals surface area (Å²) in [6.07, 6.45) is 9.94. The molecule has 0 radical (unpaired) electrons. The molecule has 0 aromatic heterocycles. The van der Waals surface area contributed by atoms with Crippen molar-refractivity contribution in [1.82, 2.24) is 20.4 Å². The Morgan fingerprint density at radius 3 is 2.32 bits per heavy atom. The van der Waals surface area contributed by atoms with Crippen molar-refractivity contribution in [2.24, 2.45) is 10.9 Å². The van der Waals surface area contributed by atoms with Gasteiger partial charge >= 0.3 is 0 Å². The largest absolute Gasteiger partial charge is 0.356 e. The van der Waals surface area contributed by atoms with Gasteiger partial charge in [-0.3, -0.25) is 9.79 Å². The van der Waals surface area contributed by atoms with Crippen LogP contribution < -0.4 is 10.6 Å². The molecule has 2 aliphatic rings. The van der Waals surface area contributed by atoms with Crippen molar-refractivity contribution in [2.45, 2.75) is 71.3 Å². The highest BCUT2D eigenvalue weighted by atomic mass is 127. The molecule has 1 amide bonds. The number of guanidine groups is 1. The highest BCUT2D eigenvalue weighted by Crippen LogP contribution is 2.13. The third-order valence-electron chi connectivity index (χ3n) is 5.76. The molecular formula is C21H42IN5O. The standard InChI is InChI=1S/C21H41N5O.HI/c1-18(2)20(27)26-16-10-19(11-17-26)24-21(22-3)23-12-6-4-7-13-25-14-8-5-9-15-25;/h18-19H,4-17H2,1-3H3,(H2,22,23,24);1H. The van der Waals surface area contributed by atoms with E-state index < -0.39 is 0 Å². The van der Waals surface area contributed by atoms with Crippen LogP contribution in [0.2, 0.25) is 0 Å². The van der Waals surface area contributed by atoms with E-state index in [1.54, 1.807) is 0 Å². The number of halogens is 1. The van der Waals surface area contributed by atoms with Crippen LogP contribution in [0.1, 0.15) is 65.2 Å². The number of amides is 1. The van der Waals surface area contributed by atoms with Crippen LogP contribution in [0.15, 0.2) is 4.99 Å². The highest BCUT2D eigenvalue weighted by Gasteiger charge is 2.24.